The Bertz CT molecular complexity index is 2160. The number of allylic oxidation sites excluding steroid dienone is 32. The fraction of sp³-hybridized carbons (Fsp3) is 0.570. The van der Waals surface area contributed by atoms with Gasteiger partial charge in [-0.1, -0.05) is 298 Å². The van der Waals surface area contributed by atoms with Crippen molar-refractivity contribution in [3.05, 3.63) is 194 Å². The van der Waals surface area contributed by atoms with Gasteiger partial charge < -0.3 is 20.1 Å². The Morgan fingerprint density at radius 2 is 0.584 bits per heavy atom. The summed E-state index contributed by atoms with van der Waals surface area (Å²) >= 11 is 0. The van der Waals surface area contributed by atoms with Gasteiger partial charge >= 0.3 is 19.8 Å². The van der Waals surface area contributed by atoms with E-state index < -0.39 is 32.5 Å². The highest BCUT2D eigenvalue weighted by Gasteiger charge is 2.26. The van der Waals surface area contributed by atoms with E-state index in [1.807, 2.05) is 0 Å². The van der Waals surface area contributed by atoms with Crippen molar-refractivity contribution < 1.29 is 37.6 Å². The lowest BCUT2D eigenvalue weighted by Crippen LogP contribution is -2.29. The predicted octanol–water partition coefficient (Wildman–Crippen LogP) is 23.3. The number of carbonyl (C=O) groups excluding carboxylic acids is 2. The highest BCUT2D eigenvalue weighted by Crippen LogP contribution is 2.43. The number of unbranched alkanes of at least 4 members (excludes halogenated alkanes) is 18. The molecular formula is C79H126NO8P. The zero-order valence-corrected chi connectivity index (χ0v) is 57.0. The van der Waals surface area contributed by atoms with Crippen LogP contribution >= 0.6 is 7.82 Å². The van der Waals surface area contributed by atoms with Crippen molar-refractivity contribution >= 4 is 19.8 Å². The first-order chi connectivity index (χ1) is 43.8. The summed E-state index contributed by atoms with van der Waals surface area (Å²) < 4.78 is 33.1. The maximum absolute atomic E-state index is 12.8. The monoisotopic (exact) mass is 1250 g/mol. The molecular weight excluding hydrogens is 1120 g/mol. The molecule has 89 heavy (non-hydrogen) atoms. The molecule has 0 saturated heterocycles. The van der Waals surface area contributed by atoms with Gasteiger partial charge in [0.1, 0.15) is 6.61 Å². The minimum absolute atomic E-state index is 0.0393. The molecule has 0 fully saturated rings. The Morgan fingerprint density at radius 1 is 0.337 bits per heavy atom. The fourth-order valence-electron chi connectivity index (χ4n) is 8.90. The quantitative estimate of drug-likeness (QED) is 0.0264. The normalized spacial score (nSPS) is 14.2. The molecule has 0 saturated carbocycles. The van der Waals surface area contributed by atoms with Crippen LogP contribution in [-0.4, -0.2) is 49.3 Å². The second-order valence-electron chi connectivity index (χ2n) is 22.3. The minimum atomic E-state index is -4.41. The lowest BCUT2D eigenvalue weighted by Gasteiger charge is -2.19. The van der Waals surface area contributed by atoms with Crippen molar-refractivity contribution in [2.75, 3.05) is 26.4 Å². The van der Waals surface area contributed by atoms with E-state index in [-0.39, 0.29) is 32.6 Å². The zero-order valence-electron chi connectivity index (χ0n) is 56.1. The second kappa shape index (κ2) is 71.9. The van der Waals surface area contributed by atoms with Crippen LogP contribution in [0.2, 0.25) is 0 Å². The summed E-state index contributed by atoms with van der Waals surface area (Å²) in [5.41, 5.74) is 5.40. The summed E-state index contributed by atoms with van der Waals surface area (Å²) in [4.78, 5) is 35.3. The molecule has 0 aromatic rings. The number of carbonyl (C=O) groups is 2. The van der Waals surface area contributed by atoms with Crippen LogP contribution in [0.5, 0.6) is 0 Å². The average Bonchev–Trinajstić information content (AvgIpc) is 3.58. The van der Waals surface area contributed by atoms with E-state index in [0.29, 0.717) is 6.42 Å². The number of ether oxygens (including phenoxy) is 2. The Kier molecular flexibility index (Phi) is 67.8. The Hall–Kier alpha value is -5.15. The topological polar surface area (TPSA) is 134 Å². The van der Waals surface area contributed by atoms with Crippen molar-refractivity contribution in [1.82, 2.24) is 0 Å². The highest BCUT2D eigenvalue weighted by molar-refractivity contribution is 7.47. The van der Waals surface area contributed by atoms with Crippen LogP contribution in [0.25, 0.3) is 0 Å². The molecule has 0 aliphatic rings. The van der Waals surface area contributed by atoms with E-state index in [1.54, 1.807) is 0 Å². The summed E-state index contributed by atoms with van der Waals surface area (Å²) in [7, 11) is -4.41. The van der Waals surface area contributed by atoms with Crippen molar-refractivity contribution in [3.63, 3.8) is 0 Å². The maximum Gasteiger partial charge on any atom is 0.472 e. The molecule has 0 aromatic heterocycles. The minimum Gasteiger partial charge on any atom is -0.462 e. The van der Waals surface area contributed by atoms with Gasteiger partial charge in [-0.2, -0.15) is 0 Å². The SMILES string of the molecule is CC/C=C\C/C=C\C/C=C\C/C=C\C/C=C\C/C=C\C/C=C\C/C=C\C/C=C\C/C=C\C/C=C\C/C=C\CCCCCCC(=O)OC(COC(=O)CCCCCCCCCCCCCCCC/C=C\C/C=C\C/C=C\C/C=C\CC)COP(=O)(O)OCCN. The molecule has 9 nitrogen and oxygen atoms in total. The molecule has 0 aliphatic heterocycles. The van der Waals surface area contributed by atoms with E-state index >= 15 is 0 Å². The van der Waals surface area contributed by atoms with Gasteiger partial charge in [0.05, 0.1) is 13.2 Å². The van der Waals surface area contributed by atoms with E-state index in [4.69, 9.17) is 24.3 Å². The summed E-state index contributed by atoms with van der Waals surface area (Å²) in [5, 5.41) is 0. The average molecular weight is 1250 g/mol. The molecule has 3 N–H and O–H groups in total. The first-order valence-corrected chi connectivity index (χ1v) is 36.4. The van der Waals surface area contributed by atoms with Crippen LogP contribution < -0.4 is 5.73 Å². The molecule has 0 rings (SSSR count). The number of hydrogen-bond acceptors (Lipinski definition) is 8. The van der Waals surface area contributed by atoms with Crippen molar-refractivity contribution in [1.29, 1.82) is 0 Å². The molecule has 0 bridgehead atoms. The van der Waals surface area contributed by atoms with Gasteiger partial charge in [0.25, 0.3) is 0 Å². The molecule has 2 atom stereocenters. The summed E-state index contributed by atoms with van der Waals surface area (Å²) in [5.74, 6) is -0.868. The fourth-order valence-corrected chi connectivity index (χ4v) is 9.67. The van der Waals surface area contributed by atoms with Gasteiger partial charge in [-0.05, 0) is 141 Å². The summed E-state index contributed by atoms with van der Waals surface area (Å²) in [6.45, 7) is 3.48. The number of nitrogens with two attached hydrogens (primary N) is 1. The standard InChI is InChI=1S/C79H126NO8P/c1-3-5-7-9-11-13-15-17-19-21-23-25-27-29-31-32-33-34-35-36-37-38-39-40-41-42-43-44-46-48-50-52-54-56-58-60-62-64-66-68-70-72-79(82)88-77(76-87-89(83,84)86-74-73-80)75-85-78(81)71-69-67-65-63-61-59-57-55-53-51-49-47-45-30-28-26-24-22-20-18-16-14-12-10-8-6-4-2/h5-8,11-14,17-20,23-26,29,31,33-34,36-37,39-40,42-43,46,48,52,54,58,60,77H,3-4,9-10,15-16,21-22,27-28,30,32,35,38,41,44-45,47,49-51,53,55-57,59,61-76,80H2,1-2H3,(H,83,84)/b7-5-,8-6-,13-11-,14-12-,19-17-,20-18-,25-23-,26-24-,31-29-,34-33-,37-36-,40-39-,43-42-,48-46-,54-52-,60-58-. The number of phosphoric acid groups is 1. The van der Waals surface area contributed by atoms with Crippen molar-refractivity contribution in [3.8, 4) is 0 Å². The summed E-state index contributed by atoms with van der Waals surface area (Å²) in [6, 6.07) is 0. The third-order valence-corrected chi connectivity index (χ3v) is 15.0. The molecule has 0 spiro atoms. The second-order valence-corrected chi connectivity index (χ2v) is 23.7. The Labute approximate surface area is 545 Å². The summed E-state index contributed by atoms with van der Waals surface area (Å²) in [6.07, 6.45) is 109. The lowest BCUT2D eigenvalue weighted by molar-refractivity contribution is -0.161. The van der Waals surface area contributed by atoms with Crippen LogP contribution in [0.3, 0.4) is 0 Å². The van der Waals surface area contributed by atoms with Crippen LogP contribution in [-0.2, 0) is 32.7 Å². The molecule has 500 valence electrons. The van der Waals surface area contributed by atoms with Crippen LogP contribution in [0.1, 0.15) is 258 Å². The van der Waals surface area contributed by atoms with E-state index in [9.17, 15) is 19.0 Å². The van der Waals surface area contributed by atoms with Crippen LogP contribution in [0.4, 0.5) is 0 Å². The van der Waals surface area contributed by atoms with Crippen LogP contribution in [0, 0.1) is 0 Å². The van der Waals surface area contributed by atoms with Gasteiger partial charge in [0, 0.05) is 19.4 Å². The zero-order chi connectivity index (χ0) is 64.4. The third kappa shape index (κ3) is 71.8. The molecule has 0 heterocycles. The van der Waals surface area contributed by atoms with Gasteiger partial charge in [-0.15, -0.1) is 0 Å². The molecule has 0 radical (unpaired) electrons. The van der Waals surface area contributed by atoms with E-state index in [1.165, 1.54) is 70.6 Å². The lowest BCUT2D eigenvalue weighted by atomic mass is 10.0. The van der Waals surface area contributed by atoms with Crippen molar-refractivity contribution in [2.45, 2.75) is 264 Å². The first-order valence-electron chi connectivity index (χ1n) is 34.9. The van der Waals surface area contributed by atoms with Gasteiger partial charge in [0.2, 0.25) is 0 Å². The largest absolute Gasteiger partial charge is 0.472 e. The van der Waals surface area contributed by atoms with Gasteiger partial charge in [-0.25, -0.2) is 4.57 Å². The number of rotatable bonds is 63. The molecule has 0 aromatic carbocycles. The van der Waals surface area contributed by atoms with Gasteiger partial charge in [0.15, 0.2) is 6.10 Å². The number of hydrogen-bond donors (Lipinski definition) is 2. The number of esters is 2. The molecule has 10 heteroatoms. The molecule has 2 unspecified atom stereocenters. The van der Waals surface area contributed by atoms with Crippen LogP contribution in [0.15, 0.2) is 194 Å². The predicted molar refractivity (Wildman–Crippen MR) is 385 cm³/mol. The Morgan fingerprint density at radius 3 is 0.865 bits per heavy atom. The van der Waals surface area contributed by atoms with E-state index in [2.05, 4.69) is 208 Å². The Balaban J connectivity index is 4.03. The molecule has 0 aliphatic carbocycles. The maximum atomic E-state index is 12.8. The third-order valence-electron chi connectivity index (χ3n) is 14.0. The smallest absolute Gasteiger partial charge is 0.462 e. The number of phosphoric ester groups is 1. The van der Waals surface area contributed by atoms with Gasteiger partial charge in [-0.3, -0.25) is 18.6 Å². The van der Waals surface area contributed by atoms with Crippen molar-refractivity contribution in [2.24, 2.45) is 5.73 Å². The van der Waals surface area contributed by atoms with E-state index in [0.717, 1.165) is 154 Å². The first kappa shape index (κ1) is 83.8. The highest BCUT2D eigenvalue weighted by atomic mass is 31.2. The molecule has 0 amide bonds.